The summed E-state index contributed by atoms with van der Waals surface area (Å²) in [5, 5.41) is 9.27. The molecule has 0 amide bonds. The first kappa shape index (κ1) is 7.07. The highest BCUT2D eigenvalue weighted by Crippen LogP contribution is 2.12. The van der Waals surface area contributed by atoms with Gasteiger partial charge in [-0.1, -0.05) is 26.2 Å². The average Bonchev–Trinajstić information content (AvgIpc) is 1.59. The molecule has 0 radical (unpaired) electrons. The highest BCUT2D eigenvalue weighted by molar-refractivity contribution is 4.63. The van der Waals surface area contributed by atoms with Crippen molar-refractivity contribution in [3.8, 4) is 0 Å². The summed E-state index contributed by atoms with van der Waals surface area (Å²) in [6, 6.07) is 0. The van der Waals surface area contributed by atoms with Gasteiger partial charge in [-0.2, -0.15) is 0 Å². The molecule has 0 heterocycles. The fourth-order valence-electron chi connectivity index (χ4n) is 0.739. The van der Waals surface area contributed by atoms with Gasteiger partial charge in [0.1, 0.15) is 0 Å². The Kier molecular flexibility index (Phi) is 3.05. The van der Waals surface area contributed by atoms with Crippen LogP contribution in [0.3, 0.4) is 0 Å². The van der Waals surface area contributed by atoms with Gasteiger partial charge in [-0.3, -0.25) is 0 Å². The molecular formula is C8H18O. The lowest BCUT2D eigenvalue weighted by atomic mass is 10.0. The third-order valence-electron chi connectivity index (χ3n) is 1.28. The molecule has 1 nitrogen and oxygen atoms in total. The van der Waals surface area contributed by atoms with E-state index in [1.807, 2.05) is 20.8 Å². The van der Waals surface area contributed by atoms with Gasteiger partial charge in [-0.15, -0.1) is 0 Å². The average molecular weight is 131 g/mol. The van der Waals surface area contributed by atoms with Crippen LogP contribution in [0.4, 0.5) is 0 Å². The van der Waals surface area contributed by atoms with E-state index in [4.69, 9.17) is 1.37 Å². The van der Waals surface area contributed by atoms with Crippen LogP contribution in [0.25, 0.3) is 0 Å². The molecule has 0 aliphatic rings. The summed E-state index contributed by atoms with van der Waals surface area (Å²) in [4.78, 5) is 0. The molecule has 1 heteroatoms. The molecule has 1 N–H and O–H groups in total. The largest absolute Gasteiger partial charge is 0.390 e. The molecular weight excluding hydrogens is 112 g/mol. The summed E-state index contributed by atoms with van der Waals surface area (Å²) >= 11 is 0. The molecule has 0 fully saturated rings. The van der Waals surface area contributed by atoms with Crippen LogP contribution in [0.5, 0.6) is 0 Å². The lowest BCUT2D eigenvalue weighted by Crippen LogP contribution is -2.17. The molecule has 9 heavy (non-hydrogen) atoms. The van der Waals surface area contributed by atoms with Gasteiger partial charge in [0.05, 0.1) is 5.60 Å². The third-order valence-corrected chi connectivity index (χ3v) is 1.28. The maximum atomic E-state index is 9.27. The molecule has 1 atom stereocenters. The van der Waals surface area contributed by atoms with Crippen molar-refractivity contribution in [1.29, 1.82) is 0 Å². The Morgan fingerprint density at radius 1 is 1.44 bits per heavy atom. The van der Waals surface area contributed by atoms with Crippen molar-refractivity contribution in [1.82, 2.24) is 0 Å². The number of rotatable bonds is 4. The van der Waals surface area contributed by atoms with E-state index >= 15 is 0 Å². The summed E-state index contributed by atoms with van der Waals surface area (Å²) in [6.45, 7) is 5.49. The third kappa shape index (κ3) is 7.96. The first-order chi connectivity index (χ1) is 4.42. The summed E-state index contributed by atoms with van der Waals surface area (Å²) in [5.41, 5.74) is -0.547. The molecule has 0 rings (SSSR count). The zero-order chi connectivity index (χ0) is 8.20. The monoisotopic (exact) mass is 131 g/mol. The maximum Gasteiger partial charge on any atom is 0.0591 e. The van der Waals surface area contributed by atoms with Crippen molar-refractivity contribution >= 4 is 0 Å². The Morgan fingerprint density at radius 3 is 2.33 bits per heavy atom. The van der Waals surface area contributed by atoms with Crippen LogP contribution in [-0.4, -0.2) is 10.7 Å². The predicted molar refractivity (Wildman–Crippen MR) is 40.4 cm³/mol. The number of hydrogen-bond acceptors (Lipinski definition) is 1. The molecule has 0 aliphatic carbocycles. The molecule has 0 bridgehead atoms. The van der Waals surface area contributed by atoms with E-state index in [2.05, 4.69) is 0 Å². The van der Waals surface area contributed by atoms with Gasteiger partial charge in [-0.05, 0) is 20.3 Å². The van der Waals surface area contributed by atoms with Crippen LogP contribution in [0.15, 0.2) is 0 Å². The molecule has 0 spiro atoms. The number of aliphatic hydroxyl groups is 1. The predicted octanol–water partition coefficient (Wildman–Crippen LogP) is 2.34. The lowest BCUT2D eigenvalue weighted by Gasteiger charge is -2.15. The molecule has 0 aromatic heterocycles. The van der Waals surface area contributed by atoms with E-state index in [0.29, 0.717) is 0 Å². The minimum Gasteiger partial charge on any atom is -0.390 e. The van der Waals surface area contributed by atoms with Gasteiger partial charge in [0.15, 0.2) is 0 Å². The van der Waals surface area contributed by atoms with E-state index in [1.165, 1.54) is 0 Å². The van der Waals surface area contributed by atoms with Crippen LogP contribution < -0.4 is 0 Å². The van der Waals surface area contributed by atoms with Crippen LogP contribution >= 0.6 is 0 Å². The van der Waals surface area contributed by atoms with Gasteiger partial charge < -0.3 is 5.11 Å². The normalized spacial score (nSPS) is 17.1. The van der Waals surface area contributed by atoms with Crippen molar-refractivity contribution in [2.75, 3.05) is 0 Å². The highest BCUT2D eigenvalue weighted by atomic mass is 16.3. The first-order valence-electron chi connectivity index (χ1n) is 4.14. The molecule has 0 aromatic rings. The molecule has 0 aromatic carbocycles. The minimum absolute atomic E-state index is 0.0161. The second-order valence-electron chi connectivity index (χ2n) is 3.11. The molecule has 56 valence electrons. The van der Waals surface area contributed by atoms with Crippen LogP contribution in [0.2, 0.25) is 0 Å². The molecule has 0 saturated heterocycles. The number of hydrogen-bond donors (Lipinski definition) is 1. The van der Waals surface area contributed by atoms with Crippen LogP contribution in [-0.2, 0) is 0 Å². The zero-order valence-electron chi connectivity index (χ0n) is 7.65. The van der Waals surface area contributed by atoms with Gasteiger partial charge in [0.25, 0.3) is 0 Å². The van der Waals surface area contributed by atoms with Crippen molar-refractivity contribution < 1.29 is 6.48 Å². The Hall–Kier alpha value is -0.0400. The summed E-state index contributed by atoms with van der Waals surface area (Å²) in [5.74, 6) is 0. The quantitative estimate of drug-likeness (QED) is 0.621. The Labute approximate surface area is 59.5 Å². The van der Waals surface area contributed by atoms with E-state index in [1.54, 1.807) is 0 Å². The maximum absolute atomic E-state index is 9.27. The summed E-state index contributed by atoms with van der Waals surface area (Å²) < 4.78 is 7.20. The van der Waals surface area contributed by atoms with Crippen LogP contribution in [0.1, 0.15) is 47.8 Å². The highest BCUT2D eigenvalue weighted by Gasteiger charge is 2.10. The molecule has 0 saturated carbocycles. The second-order valence-corrected chi connectivity index (χ2v) is 3.11. The van der Waals surface area contributed by atoms with Gasteiger partial charge in [0.2, 0.25) is 0 Å². The van der Waals surface area contributed by atoms with E-state index in [-0.39, 0.29) is 6.40 Å². The van der Waals surface area contributed by atoms with E-state index in [9.17, 15) is 5.11 Å². The Bertz CT molecular complexity index is 83.7. The second kappa shape index (κ2) is 3.89. The standard InChI is InChI=1S/C8H18O/c1-4-5-6-7-8(2,3)9/h9H,4-7H2,1-3H3/i4D/t4-/m1/s1. The summed E-state index contributed by atoms with van der Waals surface area (Å²) in [7, 11) is 0. The van der Waals surface area contributed by atoms with Gasteiger partial charge >= 0.3 is 0 Å². The van der Waals surface area contributed by atoms with Crippen molar-refractivity contribution in [2.24, 2.45) is 0 Å². The van der Waals surface area contributed by atoms with Gasteiger partial charge in [0, 0.05) is 1.37 Å². The fraction of sp³-hybridized carbons (Fsp3) is 1.00. The van der Waals surface area contributed by atoms with Crippen molar-refractivity contribution in [3.63, 3.8) is 0 Å². The van der Waals surface area contributed by atoms with E-state index in [0.717, 1.165) is 19.3 Å². The van der Waals surface area contributed by atoms with Gasteiger partial charge in [-0.25, -0.2) is 0 Å². The topological polar surface area (TPSA) is 20.2 Å². The van der Waals surface area contributed by atoms with Crippen LogP contribution in [0, 0.1) is 0 Å². The lowest BCUT2D eigenvalue weighted by molar-refractivity contribution is 0.0682. The Balaban J connectivity index is 3.21. The SMILES string of the molecule is [2H][C@H](C)CCCC(C)(C)O. The fourth-order valence-corrected chi connectivity index (χ4v) is 0.739. The van der Waals surface area contributed by atoms with Crippen molar-refractivity contribution in [2.45, 2.75) is 52.0 Å². The summed E-state index contributed by atoms with van der Waals surface area (Å²) in [6.07, 6.45) is 2.66. The minimum atomic E-state index is -0.547. The smallest absolute Gasteiger partial charge is 0.0591 e. The zero-order valence-corrected chi connectivity index (χ0v) is 6.65. The molecule has 0 unspecified atom stereocenters. The van der Waals surface area contributed by atoms with E-state index < -0.39 is 5.60 Å². The first-order valence-corrected chi connectivity index (χ1v) is 3.56. The Morgan fingerprint density at radius 2 is 2.00 bits per heavy atom. The molecule has 0 aliphatic heterocycles. The van der Waals surface area contributed by atoms with Crippen molar-refractivity contribution in [3.05, 3.63) is 0 Å².